The van der Waals surface area contributed by atoms with E-state index in [1.165, 1.54) is 22.2 Å². The number of amides is 2. The molecule has 0 unspecified atom stereocenters. The number of aromatic nitrogens is 2. The summed E-state index contributed by atoms with van der Waals surface area (Å²) in [5.74, 6) is 2.79. The second-order valence-corrected chi connectivity index (χ2v) is 10.6. The summed E-state index contributed by atoms with van der Waals surface area (Å²) in [6.07, 6.45) is 5.47. The summed E-state index contributed by atoms with van der Waals surface area (Å²) in [5, 5.41) is 4.33. The molecule has 0 radical (unpaired) electrons. The van der Waals surface area contributed by atoms with Crippen molar-refractivity contribution in [1.82, 2.24) is 14.9 Å². The summed E-state index contributed by atoms with van der Waals surface area (Å²) in [6.45, 7) is 9.53. The number of benzene rings is 1. The Kier molecular flexibility index (Phi) is 6.23. The zero-order valence-electron chi connectivity index (χ0n) is 19.9. The molecule has 33 heavy (non-hydrogen) atoms. The molecule has 1 aromatic carbocycles. The Hall–Kier alpha value is -2.67. The molecule has 1 atom stereocenters. The van der Waals surface area contributed by atoms with Crippen LogP contribution in [0.15, 0.2) is 24.3 Å². The molecule has 0 saturated carbocycles. The minimum absolute atomic E-state index is 0.0262. The number of carbonyl (C=O) groups excluding carboxylic acids is 1. The Bertz CT molecular complexity index is 1160. The number of anilines is 2. The number of hydrogen-bond donors (Lipinski definition) is 1. The number of piperazine rings is 1. The van der Waals surface area contributed by atoms with Crippen LogP contribution in [-0.2, 0) is 19.3 Å². The van der Waals surface area contributed by atoms with E-state index >= 15 is 0 Å². The lowest BCUT2D eigenvalue weighted by molar-refractivity contribution is 0.208. The van der Waals surface area contributed by atoms with Gasteiger partial charge >= 0.3 is 6.03 Å². The maximum absolute atomic E-state index is 12.8. The number of aryl methyl sites for hydroxylation is 3. The van der Waals surface area contributed by atoms with Gasteiger partial charge in [-0.2, -0.15) is 0 Å². The Balaban J connectivity index is 1.37. The van der Waals surface area contributed by atoms with Gasteiger partial charge in [-0.15, -0.1) is 11.3 Å². The van der Waals surface area contributed by atoms with Crippen LogP contribution >= 0.6 is 11.3 Å². The third-order valence-corrected chi connectivity index (χ3v) is 7.94. The first-order valence-electron chi connectivity index (χ1n) is 12.2. The SMILES string of the molecule is CCCc1nc(N2CCN(C(=O)Nc3cccc(C)c3)CC2)c2c3c(sc2n1)C[C@@H](C)CC3. The van der Waals surface area contributed by atoms with Crippen molar-refractivity contribution < 1.29 is 4.79 Å². The van der Waals surface area contributed by atoms with Crippen molar-refractivity contribution in [1.29, 1.82) is 0 Å². The predicted molar refractivity (Wildman–Crippen MR) is 137 cm³/mol. The van der Waals surface area contributed by atoms with E-state index in [2.05, 4.69) is 24.1 Å². The Labute approximate surface area is 200 Å². The van der Waals surface area contributed by atoms with Crippen molar-refractivity contribution in [2.45, 2.75) is 52.9 Å². The molecule has 5 rings (SSSR count). The van der Waals surface area contributed by atoms with Crippen LogP contribution in [0.3, 0.4) is 0 Å². The molecule has 1 aliphatic carbocycles. The largest absolute Gasteiger partial charge is 0.352 e. The van der Waals surface area contributed by atoms with Gasteiger partial charge in [0.15, 0.2) is 0 Å². The molecule has 174 valence electrons. The van der Waals surface area contributed by atoms with Crippen LogP contribution in [0.2, 0.25) is 0 Å². The fraction of sp³-hybridized carbons (Fsp3) is 0.500. The van der Waals surface area contributed by atoms with Gasteiger partial charge < -0.3 is 15.1 Å². The van der Waals surface area contributed by atoms with Crippen LogP contribution in [-0.4, -0.2) is 47.1 Å². The average Bonchev–Trinajstić information content (AvgIpc) is 3.16. The number of carbonyl (C=O) groups is 1. The smallest absolute Gasteiger partial charge is 0.321 e. The third-order valence-electron chi connectivity index (χ3n) is 6.79. The molecule has 1 aliphatic heterocycles. The normalized spacial score (nSPS) is 18.5. The summed E-state index contributed by atoms with van der Waals surface area (Å²) in [6, 6.07) is 7.92. The molecule has 7 heteroatoms. The van der Waals surface area contributed by atoms with Gasteiger partial charge in [-0.25, -0.2) is 14.8 Å². The van der Waals surface area contributed by atoms with Crippen molar-refractivity contribution in [3.05, 3.63) is 46.1 Å². The summed E-state index contributed by atoms with van der Waals surface area (Å²) in [4.78, 5) is 29.8. The first-order valence-corrected chi connectivity index (χ1v) is 13.0. The zero-order chi connectivity index (χ0) is 22.9. The van der Waals surface area contributed by atoms with Crippen molar-refractivity contribution in [3.63, 3.8) is 0 Å². The first kappa shape index (κ1) is 22.1. The minimum Gasteiger partial charge on any atom is -0.352 e. The van der Waals surface area contributed by atoms with E-state index < -0.39 is 0 Å². The van der Waals surface area contributed by atoms with Crippen LogP contribution < -0.4 is 10.2 Å². The highest BCUT2D eigenvalue weighted by molar-refractivity contribution is 7.19. The Morgan fingerprint density at radius 2 is 2.03 bits per heavy atom. The molecule has 1 fully saturated rings. The van der Waals surface area contributed by atoms with Crippen molar-refractivity contribution in [3.8, 4) is 0 Å². The molecular weight excluding hydrogens is 430 g/mol. The van der Waals surface area contributed by atoms with E-state index in [9.17, 15) is 4.79 Å². The zero-order valence-corrected chi connectivity index (χ0v) is 20.7. The summed E-state index contributed by atoms with van der Waals surface area (Å²) < 4.78 is 0. The number of urea groups is 1. The Morgan fingerprint density at radius 3 is 2.79 bits per heavy atom. The van der Waals surface area contributed by atoms with Gasteiger partial charge in [-0.1, -0.05) is 26.0 Å². The maximum Gasteiger partial charge on any atom is 0.321 e. The molecule has 6 nitrogen and oxygen atoms in total. The molecule has 3 aromatic rings. The molecule has 2 amide bonds. The van der Waals surface area contributed by atoms with E-state index in [1.54, 1.807) is 0 Å². The molecule has 2 aromatic heterocycles. The van der Waals surface area contributed by atoms with Gasteiger partial charge in [0.1, 0.15) is 16.5 Å². The molecule has 2 aliphatic rings. The van der Waals surface area contributed by atoms with Crippen LogP contribution in [0.1, 0.15) is 48.5 Å². The van der Waals surface area contributed by atoms with Gasteiger partial charge in [0.2, 0.25) is 0 Å². The van der Waals surface area contributed by atoms with E-state index in [0.717, 1.165) is 72.4 Å². The number of nitrogens with one attached hydrogen (secondary N) is 1. The van der Waals surface area contributed by atoms with E-state index in [0.29, 0.717) is 13.1 Å². The van der Waals surface area contributed by atoms with Crippen LogP contribution in [0, 0.1) is 12.8 Å². The number of fused-ring (bicyclic) bond motifs is 3. The van der Waals surface area contributed by atoms with E-state index in [-0.39, 0.29) is 6.03 Å². The van der Waals surface area contributed by atoms with Crippen LogP contribution in [0.4, 0.5) is 16.3 Å². The van der Waals surface area contributed by atoms with Crippen LogP contribution in [0.5, 0.6) is 0 Å². The van der Waals surface area contributed by atoms with E-state index in [4.69, 9.17) is 9.97 Å². The van der Waals surface area contributed by atoms with Gasteiger partial charge in [-0.3, -0.25) is 0 Å². The molecule has 3 heterocycles. The standard InChI is InChI=1S/C26H33N5OS/c1-4-6-22-28-24(23-20-10-9-18(3)16-21(20)33-25(23)29-22)30-11-13-31(14-12-30)26(32)27-19-8-5-7-17(2)15-19/h5,7-8,15,18H,4,6,9-14,16H2,1-3H3,(H,27,32)/t18-/m0/s1. The fourth-order valence-corrected chi connectivity index (χ4v) is 6.37. The molecule has 1 N–H and O–H groups in total. The quantitative estimate of drug-likeness (QED) is 0.560. The lowest BCUT2D eigenvalue weighted by Gasteiger charge is -2.36. The molecule has 0 spiro atoms. The number of hydrogen-bond acceptors (Lipinski definition) is 5. The monoisotopic (exact) mass is 463 g/mol. The highest BCUT2D eigenvalue weighted by atomic mass is 32.1. The Morgan fingerprint density at radius 1 is 1.21 bits per heavy atom. The van der Waals surface area contributed by atoms with Crippen molar-refractivity contribution in [2.75, 3.05) is 36.4 Å². The third kappa shape index (κ3) is 4.56. The topological polar surface area (TPSA) is 61.4 Å². The van der Waals surface area contributed by atoms with Crippen molar-refractivity contribution >= 4 is 39.1 Å². The van der Waals surface area contributed by atoms with E-state index in [1.807, 2.05) is 47.4 Å². The van der Waals surface area contributed by atoms with Gasteiger partial charge in [0, 0.05) is 43.2 Å². The summed E-state index contributed by atoms with van der Waals surface area (Å²) in [7, 11) is 0. The highest BCUT2D eigenvalue weighted by Crippen LogP contribution is 2.41. The second kappa shape index (κ2) is 9.29. The lowest BCUT2D eigenvalue weighted by Crippen LogP contribution is -2.50. The van der Waals surface area contributed by atoms with Gasteiger partial charge in [0.25, 0.3) is 0 Å². The van der Waals surface area contributed by atoms with Crippen molar-refractivity contribution in [2.24, 2.45) is 5.92 Å². The minimum atomic E-state index is -0.0262. The summed E-state index contributed by atoms with van der Waals surface area (Å²) >= 11 is 1.88. The fourth-order valence-electron chi connectivity index (χ4n) is 4.98. The number of thiophene rings is 1. The summed E-state index contributed by atoms with van der Waals surface area (Å²) in [5.41, 5.74) is 3.47. The molecular formula is C26H33N5OS. The number of nitrogens with zero attached hydrogens (tertiary/aromatic N) is 4. The van der Waals surface area contributed by atoms with Crippen LogP contribution in [0.25, 0.3) is 10.2 Å². The average molecular weight is 464 g/mol. The predicted octanol–water partition coefficient (Wildman–Crippen LogP) is 5.43. The van der Waals surface area contributed by atoms with Gasteiger partial charge in [-0.05, 0) is 61.8 Å². The first-order chi connectivity index (χ1) is 16.0. The molecule has 0 bridgehead atoms. The van der Waals surface area contributed by atoms with Gasteiger partial charge in [0.05, 0.1) is 5.39 Å². The second-order valence-electron chi connectivity index (χ2n) is 9.52. The molecule has 1 saturated heterocycles. The lowest BCUT2D eigenvalue weighted by atomic mass is 9.89. The number of rotatable bonds is 4. The maximum atomic E-state index is 12.8. The highest BCUT2D eigenvalue weighted by Gasteiger charge is 2.28.